The molecule has 3 N–H and O–H groups in total. The summed E-state index contributed by atoms with van der Waals surface area (Å²) in [5.41, 5.74) is 7.56. The highest BCUT2D eigenvalue weighted by atomic mass is 32.2. The van der Waals surface area contributed by atoms with Gasteiger partial charge in [0.2, 0.25) is 0 Å². The molecule has 1 saturated heterocycles. The second kappa shape index (κ2) is 9.01. The molecule has 0 aromatic heterocycles. The van der Waals surface area contributed by atoms with Crippen LogP contribution in [0.25, 0.3) is 6.08 Å². The molecule has 6 nitrogen and oxygen atoms in total. The maximum absolute atomic E-state index is 11.7. The van der Waals surface area contributed by atoms with Crippen LogP contribution >= 0.6 is 24.0 Å². The van der Waals surface area contributed by atoms with Crippen LogP contribution in [0.1, 0.15) is 11.1 Å². The minimum Gasteiger partial charge on any atom is -0.468 e. The van der Waals surface area contributed by atoms with E-state index in [1.807, 2.05) is 48.5 Å². The molecule has 8 heteroatoms. The second-order valence-electron chi connectivity index (χ2n) is 6.00. The van der Waals surface area contributed by atoms with Crippen LogP contribution in [0.5, 0.6) is 11.5 Å². The normalized spacial score (nSPS) is 16.0. The lowest BCUT2D eigenvalue weighted by Crippen LogP contribution is -2.33. The summed E-state index contributed by atoms with van der Waals surface area (Å²) in [5, 5.41) is 2.59. The van der Waals surface area contributed by atoms with E-state index in [1.165, 1.54) is 18.9 Å². The molecule has 1 fully saturated rings. The predicted molar refractivity (Wildman–Crippen MR) is 113 cm³/mol. The van der Waals surface area contributed by atoms with Gasteiger partial charge < -0.3 is 20.5 Å². The topological polar surface area (TPSA) is 90.7 Å². The minimum atomic E-state index is -0.687. The van der Waals surface area contributed by atoms with Gasteiger partial charge in [-0.3, -0.25) is 9.59 Å². The lowest BCUT2D eigenvalue weighted by atomic mass is 10.1. The van der Waals surface area contributed by atoms with Gasteiger partial charge in [0.1, 0.15) is 21.9 Å². The molecule has 0 spiro atoms. The standard InChI is InChI=1S/C20H18N2O4S2/c1-25-19(24)16(21)10-12-2-6-14(7-3-12)26-15-8-4-13(5-9-15)11-17-18(23)22-20(27)28-17/h2-9,11,16H,10,21H2,1H3,(H,22,23,27). The summed E-state index contributed by atoms with van der Waals surface area (Å²) in [6.07, 6.45) is 2.17. The first-order valence-corrected chi connectivity index (χ1v) is 9.62. The Morgan fingerprint density at radius 3 is 2.32 bits per heavy atom. The molecule has 1 unspecified atom stereocenters. The molecule has 1 amide bonds. The van der Waals surface area contributed by atoms with E-state index in [1.54, 1.807) is 6.08 Å². The maximum atomic E-state index is 11.7. The van der Waals surface area contributed by atoms with E-state index in [4.69, 9.17) is 22.7 Å². The predicted octanol–water partition coefficient (Wildman–Crippen LogP) is 3.01. The molecule has 1 heterocycles. The molecular weight excluding hydrogens is 396 g/mol. The lowest BCUT2D eigenvalue weighted by Gasteiger charge is -2.10. The summed E-state index contributed by atoms with van der Waals surface area (Å²) in [6.45, 7) is 0. The van der Waals surface area contributed by atoms with Crippen molar-refractivity contribution in [2.24, 2.45) is 5.73 Å². The summed E-state index contributed by atoms with van der Waals surface area (Å²) in [4.78, 5) is 23.7. The van der Waals surface area contributed by atoms with Gasteiger partial charge in [-0.1, -0.05) is 48.2 Å². The third kappa shape index (κ3) is 5.19. The molecular formula is C20H18N2O4S2. The Morgan fingerprint density at radius 2 is 1.79 bits per heavy atom. The largest absolute Gasteiger partial charge is 0.468 e. The van der Waals surface area contributed by atoms with Crippen molar-refractivity contribution in [1.29, 1.82) is 0 Å². The summed E-state index contributed by atoms with van der Waals surface area (Å²) in [5.74, 6) is 0.714. The molecule has 144 valence electrons. The van der Waals surface area contributed by atoms with E-state index in [0.29, 0.717) is 27.1 Å². The van der Waals surface area contributed by atoms with E-state index in [2.05, 4.69) is 10.1 Å². The number of thiocarbonyl (C=S) groups is 1. The third-order valence-corrected chi connectivity index (χ3v) is 5.10. The van der Waals surface area contributed by atoms with Crippen molar-refractivity contribution < 1.29 is 19.1 Å². The van der Waals surface area contributed by atoms with Crippen LogP contribution in [-0.2, 0) is 20.7 Å². The Labute approximate surface area is 172 Å². The van der Waals surface area contributed by atoms with Crippen molar-refractivity contribution in [2.75, 3.05) is 7.11 Å². The van der Waals surface area contributed by atoms with Crippen LogP contribution in [0.15, 0.2) is 53.4 Å². The summed E-state index contributed by atoms with van der Waals surface area (Å²) >= 11 is 6.22. The number of methoxy groups -OCH3 is 1. The fourth-order valence-electron chi connectivity index (χ4n) is 2.52. The summed E-state index contributed by atoms with van der Waals surface area (Å²) in [6, 6.07) is 14.0. The third-order valence-electron chi connectivity index (χ3n) is 3.94. The van der Waals surface area contributed by atoms with Gasteiger partial charge in [-0.25, -0.2) is 0 Å². The zero-order valence-electron chi connectivity index (χ0n) is 15.0. The minimum absolute atomic E-state index is 0.178. The first-order chi connectivity index (χ1) is 13.4. The Kier molecular flexibility index (Phi) is 6.45. The molecule has 1 aliphatic heterocycles. The number of benzene rings is 2. The molecule has 2 aromatic carbocycles. The average molecular weight is 415 g/mol. The van der Waals surface area contributed by atoms with E-state index in [9.17, 15) is 9.59 Å². The van der Waals surface area contributed by atoms with Crippen LogP contribution in [0.3, 0.4) is 0 Å². The van der Waals surface area contributed by atoms with Gasteiger partial charge in [0, 0.05) is 0 Å². The Hall–Kier alpha value is -2.68. The van der Waals surface area contributed by atoms with Crippen LogP contribution in [0.2, 0.25) is 0 Å². The number of thioether (sulfide) groups is 1. The molecule has 0 aliphatic carbocycles. The molecule has 28 heavy (non-hydrogen) atoms. The van der Waals surface area contributed by atoms with Crippen molar-refractivity contribution in [1.82, 2.24) is 5.32 Å². The van der Waals surface area contributed by atoms with Crippen LogP contribution in [0, 0.1) is 0 Å². The molecule has 1 aliphatic rings. The Morgan fingerprint density at radius 1 is 1.18 bits per heavy atom. The molecule has 3 rings (SSSR count). The average Bonchev–Trinajstić information content (AvgIpc) is 3.01. The number of nitrogens with one attached hydrogen (secondary N) is 1. The smallest absolute Gasteiger partial charge is 0.322 e. The van der Waals surface area contributed by atoms with Crippen molar-refractivity contribution in [2.45, 2.75) is 12.5 Å². The van der Waals surface area contributed by atoms with Gasteiger partial charge in [0.25, 0.3) is 5.91 Å². The van der Waals surface area contributed by atoms with Crippen molar-refractivity contribution in [3.8, 4) is 11.5 Å². The summed E-state index contributed by atoms with van der Waals surface area (Å²) in [7, 11) is 1.32. The highest BCUT2D eigenvalue weighted by Gasteiger charge is 2.21. The number of ether oxygens (including phenoxy) is 2. The number of amides is 1. The van der Waals surface area contributed by atoms with Crippen LogP contribution < -0.4 is 15.8 Å². The first kappa shape index (κ1) is 20.1. The lowest BCUT2D eigenvalue weighted by molar-refractivity contribution is -0.142. The Bertz CT molecular complexity index is 924. The van der Waals surface area contributed by atoms with E-state index >= 15 is 0 Å². The van der Waals surface area contributed by atoms with Gasteiger partial charge in [-0.15, -0.1) is 0 Å². The van der Waals surface area contributed by atoms with Gasteiger partial charge in [0.05, 0.1) is 12.0 Å². The number of nitrogens with two attached hydrogens (primary N) is 1. The highest BCUT2D eigenvalue weighted by molar-refractivity contribution is 8.26. The quantitative estimate of drug-likeness (QED) is 0.427. The molecule has 0 radical (unpaired) electrons. The van der Waals surface area contributed by atoms with E-state index in [-0.39, 0.29) is 5.91 Å². The zero-order valence-corrected chi connectivity index (χ0v) is 16.6. The van der Waals surface area contributed by atoms with Crippen LogP contribution in [-0.4, -0.2) is 29.3 Å². The van der Waals surface area contributed by atoms with E-state index < -0.39 is 12.0 Å². The number of hydrogen-bond donors (Lipinski definition) is 2. The molecule has 0 saturated carbocycles. The van der Waals surface area contributed by atoms with Crippen molar-refractivity contribution in [3.63, 3.8) is 0 Å². The summed E-state index contributed by atoms with van der Waals surface area (Å²) < 4.78 is 10.9. The van der Waals surface area contributed by atoms with Crippen molar-refractivity contribution >= 4 is 46.3 Å². The molecule has 2 aromatic rings. The number of carbonyl (C=O) groups is 2. The van der Waals surface area contributed by atoms with E-state index in [0.717, 1.165) is 11.1 Å². The van der Waals surface area contributed by atoms with Gasteiger partial charge in [0.15, 0.2) is 0 Å². The first-order valence-electron chi connectivity index (χ1n) is 8.40. The molecule has 0 bridgehead atoms. The number of carbonyl (C=O) groups excluding carboxylic acids is 2. The monoisotopic (exact) mass is 414 g/mol. The van der Waals surface area contributed by atoms with Gasteiger partial charge >= 0.3 is 5.97 Å². The maximum Gasteiger partial charge on any atom is 0.322 e. The fraction of sp³-hybridized carbons (Fsp3) is 0.150. The number of rotatable bonds is 6. The second-order valence-corrected chi connectivity index (χ2v) is 7.72. The van der Waals surface area contributed by atoms with Gasteiger partial charge in [-0.2, -0.15) is 0 Å². The Balaban J connectivity index is 1.61. The number of hydrogen-bond acceptors (Lipinski definition) is 7. The van der Waals surface area contributed by atoms with Crippen LogP contribution in [0.4, 0.5) is 0 Å². The molecule has 1 atom stereocenters. The number of esters is 1. The SMILES string of the molecule is COC(=O)C(N)Cc1ccc(Oc2ccc(C=C3SC(=S)NC3=O)cc2)cc1. The van der Waals surface area contributed by atoms with Crippen molar-refractivity contribution in [3.05, 3.63) is 64.6 Å². The fourth-order valence-corrected chi connectivity index (χ4v) is 3.57. The highest BCUT2D eigenvalue weighted by Crippen LogP contribution is 2.27. The van der Waals surface area contributed by atoms with Gasteiger partial charge in [-0.05, 0) is 47.9 Å². The zero-order chi connectivity index (χ0) is 20.1.